The highest BCUT2D eigenvalue weighted by Crippen LogP contribution is 2.28. The van der Waals surface area contributed by atoms with Gasteiger partial charge >= 0.3 is 0 Å². The molecule has 4 rings (SSSR count). The third-order valence-corrected chi connectivity index (χ3v) is 4.61. The van der Waals surface area contributed by atoms with Crippen LogP contribution in [0.25, 0.3) is 22.6 Å². The van der Waals surface area contributed by atoms with Gasteiger partial charge in [-0.15, -0.1) is 0 Å². The van der Waals surface area contributed by atoms with E-state index in [1.165, 1.54) is 5.69 Å². The molecule has 0 spiro atoms. The van der Waals surface area contributed by atoms with Gasteiger partial charge in [0.05, 0.1) is 29.7 Å². The average molecular weight is 349 g/mol. The summed E-state index contributed by atoms with van der Waals surface area (Å²) >= 11 is 0. The highest BCUT2D eigenvalue weighted by Gasteiger charge is 2.22. The first-order valence-corrected chi connectivity index (χ1v) is 8.87. The van der Waals surface area contributed by atoms with E-state index in [2.05, 4.69) is 58.0 Å². The van der Waals surface area contributed by atoms with Gasteiger partial charge in [0, 0.05) is 30.5 Å². The average Bonchev–Trinajstić information content (AvgIpc) is 3.11. The number of rotatable bonds is 3. The maximum atomic E-state index is 5.96. The summed E-state index contributed by atoms with van der Waals surface area (Å²) in [5, 5.41) is 0. The monoisotopic (exact) mass is 349 g/mol. The summed E-state index contributed by atoms with van der Waals surface area (Å²) in [6.45, 7) is 6.03. The van der Waals surface area contributed by atoms with Crippen LogP contribution in [-0.2, 0) is 4.74 Å². The Morgan fingerprint density at radius 3 is 2.69 bits per heavy atom. The summed E-state index contributed by atoms with van der Waals surface area (Å²) < 4.78 is 5.84. The van der Waals surface area contributed by atoms with Crippen molar-refractivity contribution in [2.24, 2.45) is 0 Å². The van der Waals surface area contributed by atoms with E-state index in [0.717, 1.165) is 35.7 Å². The second-order valence-corrected chi connectivity index (χ2v) is 6.79. The third kappa shape index (κ3) is 3.28. The molecular formula is C20H23N5O. The van der Waals surface area contributed by atoms with E-state index in [1.807, 2.05) is 18.3 Å². The van der Waals surface area contributed by atoms with E-state index >= 15 is 0 Å². The number of hydrogen-bond donors (Lipinski definition) is 2. The number of pyridine rings is 1. The van der Waals surface area contributed by atoms with Crippen LogP contribution in [-0.4, -0.2) is 40.2 Å². The number of nitrogens with two attached hydrogens (primary N) is 1. The molecule has 6 heteroatoms. The summed E-state index contributed by atoms with van der Waals surface area (Å²) in [6, 6.07) is 12.3. The van der Waals surface area contributed by atoms with Gasteiger partial charge in [-0.2, -0.15) is 0 Å². The fourth-order valence-corrected chi connectivity index (χ4v) is 3.48. The Bertz CT molecular complexity index is 896. The largest absolute Gasteiger partial charge is 0.383 e. The highest BCUT2D eigenvalue weighted by atomic mass is 16.5. The van der Waals surface area contributed by atoms with Gasteiger partial charge < -0.3 is 20.4 Å². The number of morpholine rings is 1. The molecule has 6 nitrogen and oxygen atoms in total. The maximum Gasteiger partial charge on any atom is 0.141 e. The van der Waals surface area contributed by atoms with Crippen molar-refractivity contribution < 1.29 is 4.74 Å². The zero-order chi connectivity index (χ0) is 18.1. The number of nitrogens with one attached hydrogen (secondary N) is 1. The summed E-state index contributed by atoms with van der Waals surface area (Å²) in [5.74, 6) is 1.20. The molecule has 26 heavy (non-hydrogen) atoms. The molecule has 1 aliphatic heterocycles. The summed E-state index contributed by atoms with van der Waals surface area (Å²) in [7, 11) is 0. The van der Waals surface area contributed by atoms with Crippen LogP contribution in [0.5, 0.6) is 0 Å². The van der Waals surface area contributed by atoms with E-state index in [4.69, 9.17) is 10.5 Å². The molecule has 134 valence electrons. The normalized spacial score (nSPS) is 20.3. The second-order valence-electron chi connectivity index (χ2n) is 6.79. The lowest BCUT2D eigenvalue weighted by molar-refractivity contribution is -0.00521. The Morgan fingerprint density at radius 1 is 1.12 bits per heavy atom. The first-order chi connectivity index (χ1) is 12.6. The van der Waals surface area contributed by atoms with Crippen LogP contribution in [0.2, 0.25) is 0 Å². The quantitative estimate of drug-likeness (QED) is 0.758. The van der Waals surface area contributed by atoms with Crippen molar-refractivity contribution in [1.82, 2.24) is 15.0 Å². The number of anilines is 2. The molecular weight excluding hydrogens is 326 g/mol. The molecule has 0 unspecified atom stereocenters. The number of nitrogens with zero attached hydrogens (tertiary/aromatic N) is 3. The number of hydrogen-bond acceptors (Lipinski definition) is 5. The van der Waals surface area contributed by atoms with Crippen LogP contribution in [0.15, 0.2) is 48.8 Å². The fraction of sp³-hybridized carbons (Fsp3) is 0.300. The molecule has 3 aromatic rings. The number of ether oxygens (including phenoxy) is 1. The van der Waals surface area contributed by atoms with E-state index in [9.17, 15) is 0 Å². The van der Waals surface area contributed by atoms with Crippen molar-refractivity contribution in [3.63, 3.8) is 0 Å². The fourth-order valence-electron chi connectivity index (χ4n) is 3.48. The van der Waals surface area contributed by atoms with Crippen LogP contribution in [0, 0.1) is 0 Å². The molecule has 0 saturated carbocycles. The number of imidazole rings is 1. The maximum absolute atomic E-state index is 5.96. The Morgan fingerprint density at radius 2 is 1.92 bits per heavy atom. The number of aromatic amines is 1. The SMILES string of the molecule is C[C@@H]1CN(c2cccc(-c3cnc(-c4cccnc4N)[nH]3)c2)C[C@H](C)O1. The number of H-pyrrole nitrogens is 1. The number of aromatic nitrogens is 3. The molecule has 1 aromatic carbocycles. The van der Waals surface area contributed by atoms with Crippen molar-refractivity contribution in [3.05, 3.63) is 48.8 Å². The Kier molecular flexibility index (Phi) is 4.34. The minimum absolute atomic E-state index is 0.231. The van der Waals surface area contributed by atoms with Crippen molar-refractivity contribution in [2.75, 3.05) is 23.7 Å². The third-order valence-electron chi connectivity index (χ3n) is 4.61. The van der Waals surface area contributed by atoms with Crippen molar-refractivity contribution in [1.29, 1.82) is 0 Å². The van der Waals surface area contributed by atoms with Crippen LogP contribution in [0.1, 0.15) is 13.8 Å². The Balaban J connectivity index is 1.62. The van der Waals surface area contributed by atoms with Crippen LogP contribution < -0.4 is 10.6 Å². The van der Waals surface area contributed by atoms with E-state index in [-0.39, 0.29) is 12.2 Å². The molecule has 0 radical (unpaired) electrons. The molecule has 3 N–H and O–H groups in total. The second kappa shape index (κ2) is 6.80. The summed E-state index contributed by atoms with van der Waals surface area (Å²) in [5.41, 5.74) is 10.0. The molecule has 0 aliphatic carbocycles. The van der Waals surface area contributed by atoms with Gasteiger partial charge in [0.25, 0.3) is 0 Å². The van der Waals surface area contributed by atoms with Crippen molar-refractivity contribution in [3.8, 4) is 22.6 Å². The molecule has 1 fully saturated rings. The standard InChI is InChI=1S/C20H23N5O/c1-13-11-25(12-14(2)26-13)16-6-3-5-15(9-16)18-10-23-20(24-18)17-7-4-8-22-19(17)21/h3-10,13-14H,11-12H2,1-2H3,(H2,21,22)(H,23,24)/t13-,14+. The Hall–Kier alpha value is -2.86. The van der Waals surface area contributed by atoms with E-state index in [0.29, 0.717) is 5.82 Å². The van der Waals surface area contributed by atoms with Gasteiger partial charge in [-0.05, 0) is 38.1 Å². The first kappa shape index (κ1) is 16.6. The van der Waals surface area contributed by atoms with Gasteiger partial charge in [-0.3, -0.25) is 0 Å². The molecule has 2 aromatic heterocycles. The highest BCUT2D eigenvalue weighted by molar-refractivity contribution is 5.72. The van der Waals surface area contributed by atoms with Gasteiger partial charge in [0.2, 0.25) is 0 Å². The summed E-state index contributed by atoms with van der Waals surface area (Å²) in [4.78, 5) is 14.3. The Labute approximate surface area is 153 Å². The zero-order valence-corrected chi connectivity index (χ0v) is 15.0. The topological polar surface area (TPSA) is 80.1 Å². The van der Waals surface area contributed by atoms with Crippen molar-refractivity contribution >= 4 is 11.5 Å². The number of nitrogen functional groups attached to an aromatic ring is 1. The molecule has 2 atom stereocenters. The molecule has 3 heterocycles. The number of benzene rings is 1. The van der Waals surface area contributed by atoms with E-state index < -0.39 is 0 Å². The minimum Gasteiger partial charge on any atom is -0.383 e. The smallest absolute Gasteiger partial charge is 0.141 e. The lowest BCUT2D eigenvalue weighted by Gasteiger charge is -2.37. The predicted octanol–water partition coefficient (Wildman–Crippen LogP) is 3.33. The van der Waals surface area contributed by atoms with Gasteiger partial charge in [0.1, 0.15) is 11.6 Å². The minimum atomic E-state index is 0.231. The molecule has 1 aliphatic rings. The lowest BCUT2D eigenvalue weighted by Crippen LogP contribution is -2.45. The lowest BCUT2D eigenvalue weighted by atomic mass is 10.1. The van der Waals surface area contributed by atoms with Gasteiger partial charge in [-0.1, -0.05) is 12.1 Å². The predicted molar refractivity (Wildman–Crippen MR) is 104 cm³/mol. The molecule has 0 amide bonds. The van der Waals surface area contributed by atoms with E-state index in [1.54, 1.807) is 6.20 Å². The van der Waals surface area contributed by atoms with Gasteiger partial charge in [0.15, 0.2) is 0 Å². The van der Waals surface area contributed by atoms with Gasteiger partial charge in [-0.25, -0.2) is 9.97 Å². The van der Waals surface area contributed by atoms with Crippen LogP contribution in [0.4, 0.5) is 11.5 Å². The van der Waals surface area contributed by atoms with Crippen LogP contribution in [0.3, 0.4) is 0 Å². The first-order valence-electron chi connectivity index (χ1n) is 8.87. The molecule has 1 saturated heterocycles. The van der Waals surface area contributed by atoms with Crippen molar-refractivity contribution in [2.45, 2.75) is 26.1 Å². The summed E-state index contributed by atoms with van der Waals surface area (Å²) in [6.07, 6.45) is 3.98. The zero-order valence-electron chi connectivity index (χ0n) is 15.0. The molecule has 0 bridgehead atoms. The van der Waals surface area contributed by atoms with Crippen LogP contribution >= 0.6 is 0 Å².